The normalized spacial score (nSPS) is 19.6. The van der Waals surface area contributed by atoms with Gasteiger partial charge in [0.2, 0.25) is 0 Å². The molecule has 0 N–H and O–H groups in total. The van der Waals surface area contributed by atoms with Crippen LogP contribution in [0.4, 0.5) is 0 Å². The van der Waals surface area contributed by atoms with Crippen LogP contribution in [0.15, 0.2) is 45.8 Å². The lowest BCUT2D eigenvalue weighted by atomic mass is 10.1. The van der Waals surface area contributed by atoms with Crippen LogP contribution in [0.1, 0.15) is 17.2 Å². The van der Waals surface area contributed by atoms with Gasteiger partial charge < -0.3 is 0 Å². The van der Waals surface area contributed by atoms with E-state index in [4.69, 9.17) is 0 Å². The summed E-state index contributed by atoms with van der Waals surface area (Å²) in [5.41, 5.74) is 2.24. The molecular formula is C11H10N3. The standard InChI is InChI=1S/C11H10N3/c1-2-3-9-4-6-10(7-5-9)11-8-12-14-13-11/h2-8,11H,1H2. The van der Waals surface area contributed by atoms with Crippen molar-refractivity contribution < 1.29 is 0 Å². The summed E-state index contributed by atoms with van der Waals surface area (Å²) >= 11 is 0. The van der Waals surface area contributed by atoms with Gasteiger partial charge in [0, 0.05) is 0 Å². The highest BCUT2D eigenvalue weighted by Crippen LogP contribution is 2.20. The first-order valence-electron chi connectivity index (χ1n) is 4.39. The summed E-state index contributed by atoms with van der Waals surface area (Å²) in [4.78, 5) is 0. The van der Waals surface area contributed by atoms with Gasteiger partial charge in [0.05, 0.1) is 6.21 Å². The third-order valence-corrected chi connectivity index (χ3v) is 2.02. The van der Waals surface area contributed by atoms with Gasteiger partial charge >= 0.3 is 0 Å². The number of hydrogen-bond acceptors (Lipinski definition) is 3. The predicted molar refractivity (Wildman–Crippen MR) is 56.9 cm³/mol. The highest BCUT2D eigenvalue weighted by molar-refractivity contribution is 5.68. The minimum atomic E-state index is -0.00668. The average molecular weight is 184 g/mol. The predicted octanol–water partition coefficient (Wildman–Crippen LogP) is 3.03. The molecule has 0 saturated heterocycles. The third-order valence-electron chi connectivity index (χ3n) is 2.02. The number of hydrogen-bond donors (Lipinski definition) is 0. The van der Waals surface area contributed by atoms with Crippen LogP contribution in [-0.2, 0) is 0 Å². The van der Waals surface area contributed by atoms with E-state index in [0.717, 1.165) is 11.1 Å². The zero-order valence-electron chi connectivity index (χ0n) is 7.67. The van der Waals surface area contributed by atoms with E-state index >= 15 is 0 Å². The Morgan fingerprint density at radius 1 is 1.21 bits per heavy atom. The van der Waals surface area contributed by atoms with Crippen molar-refractivity contribution >= 4 is 12.3 Å². The van der Waals surface area contributed by atoms with E-state index in [1.54, 1.807) is 12.3 Å². The summed E-state index contributed by atoms with van der Waals surface area (Å²) in [6, 6.07) is 8.09. The van der Waals surface area contributed by atoms with E-state index in [0.29, 0.717) is 0 Å². The van der Waals surface area contributed by atoms with Crippen LogP contribution in [0.25, 0.3) is 6.08 Å². The van der Waals surface area contributed by atoms with Crippen molar-refractivity contribution in [2.45, 2.75) is 6.04 Å². The van der Waals surface area contributed by atoms with Gasteiger partial charge in [-0.3, -0.25) is 0 Å². The first-order valence-corrected chi connectivity index (χ1v) is 4.39. The molecule has 0 spiro atoms. The Hall–Kier alpha value is -1.77. The quantitative estimate of drug-likeness (QED) is 0.677. The molecule has 2 rings (SSSR count). The molecule has 1 unspecified atom stereocenters. The third kappa shape index (κ3) is 1.76. The smallest absolute Gasteiger partial charge is 0.135 e. The fourth-order valence-electron chi connectivity index (χ4n) is 1.30. The fraction of sp³-hybridized carbons (Fsp3) is 0.0909. The van der Waals surface area contributed by atoms with E-state index in [2.05, 4.69) is 22.4 Å². The van der Waals surface area contributed by atoms with Crippen LogP contribution in [0.3, 0.4) is 0 Å². The van der Waals surface area contributed by atoms with Crippen molar-refractivity contribution in [2.75, 3.05) is 0 Å². The van der Waals surface area contributed by atoms with Crippen molar-refractivity contribution in [3.8, 4) is 0 Å². The van der Waals surface area contributed by atoms with E-state index in [9.17, 15) is 0 Å². The molecule has 0 amide bonds. The maximum atomic E-state index is 3.95. The van der Waals surface area contributed by atoms with Gasteiger partial charge in [-0.1, -0.05) is 36.4 Å². The first kappa shape index (κ1) is 8.81. The summed E-state index contributed by atoms with van der Waals surface area (Å²) in [7, 11) is 0. The number of rotatable bonds is 2. The van der Waals surface area contributed by atoms with Crippen LogP contribution in [0.5, 0.6) is 0 Å². The molecule has 1 heterocycles. The molecule has 0 bridgehead atoms. The van der Waals surface area contributed by atoms with E-state index < -0.39 is 0 Å². The van der Waals surface area contributed by atoms with Crippen molar-refractivity contribution in [1.82, 2.24) is 0 Å². The highest BCUT2D eigenvalue weighted by Gasteiger charge is 2.09. The van der Waals surface area contributed by atoms with Crippen LogP contribution in [0, 0.1) is 6.92 Å². The molecule has 1 aromatic carbocycles. The monoisotopic (exact) mass is 184 g/mol. The minimum Gasteiger partial charge on any atom is -0.155 e. The topological polar surface area (TPSA) is 37.1 Å². The molecule has 0 aromatic heterocycles. The largest absolute Gasteiger partial charge is 0.155 e. The number of nitrogens with zero attached hydrogens (tertiary/aromatic N) is 3. The van der Waals surface area contributed by atoms with Gasteiger partial charge in [0.25, 0.3) is 0 Å². The highest BCUT2D eigenvalue weighted by atomic mass is 15.4. The molecule has 1 aromatic rings. The van der Waals surface area contributed by atoms with E-state index in [1.807, 2.05) is 30.3 Å². The summed E-state index contributed by atoms with van der Waals surface area (Å²) in [5, 5.41) is 11.2. The van der Waals surface area contributed by atoms with Crippen LogP contribution >= 0.6 is 0 Å². The molecule has 1 aliphatic heterocycles. The lowest BCUT2D eigenvalue weighted by Gasteiger charge is -2.02. The molecule has 0 aliphatic carbocycles. The lowest BCUT2D eigenvalue weighted by Crippen LogP contribution is -1.92. The van der Waals surface area contributed by atoms with Gasteiger partial charge in [-0.15, -0.1) is 5.10 Å². The molecule has 14 heavy (non-hydrogen) atoms. The second-order valence-electron chi connectivity index (χ2n) is 2.98. The number of benzene rings is 1. The molecule has 69 valence electrons. The summed E-state index contributed by atoms with van der Waals surface area (Å²) in [6.45, 7) is 3.65. The fourth-order valence-corrected chi connectivity index (χ4v) is 1.30. The molecule has 1 radical (unpaired) electrons. The Bertz CT molecular complexity index is 375. The molecule has 1 aliphatic rings. The number of allylic oxidation sites excluding steroid dienone is 1. The van der Waals surface area contributed by atoms with Gasteiger partial charge in [0.1, 0.15) is 6.04 Å². The Kier molecular flexibility index (Phi) is 2.49. The van der Waals surface area contributed by atoms with Crippen molar-refractivity contribution in [1.29, 1.82) is 0 Å². The lowest BCUT2D eigenvalue weighted by molar-refractivity contribution is 0.907. The SMILES string of the molecule is [CH2]C=Cc1ccc(C2C=NN=N2)cc1. The Balaban J connectivity index is 2.21. The van der Waals surface area contributed by atoms with Gasteiger partial charge in [-0.05, 0) is 23.3 Å². The molecule has 3 heteroatoms. The Labute approximate surface area is 82.9 Å². The molecular weight excluding hydrogens is 174 g/mol. The van der Waals surface area contributed by atoms with Crippen molar-refractivity contribution in [3.63, 3.8) is 0 Å². The van der Waals surface area contributed by atoms with Gasteiger partial charge in [-0.2, -0.15) is 5.11 Å². The van der Waals surface area contributed by atoms with Crippen molar-refractivity contribution in [3.05, 3.63) is 48.4 Å². The molecule has 3 nitrogen and oxygen atoms in total. The molecule has 0 saturated carbocycles. The van der Waals surface area contributed by atoms with Gasteiger partial charge in [0.15, 0.2) is 0 Å². The molecule has 0 fully saturated rings. The summed E-state index contributed by atoms with van der Waals surface area (Å²) in [6.07, 6.45) is 5.45. The summed E-state index contributed by atoms with van der Waals surface area (Å²) in [5.74, 6) is 0. The first-order chi connectivity index (χ1) is 6.90. The summed E-state index contributed by atoms with van der Waals surface area (Å²) < 4.78 is 0. The minimum absolute atomic E-state index is 0.00668. The Morgan fingerprint density at radius 2 is 2.00 bits per heavy atom. The second kappa shape index (κ2) is 3.96. The Morgan fingerprint density at radius 3 is 2.57 bits per heavy atom. The maximum Gasteiger partial charge on any atom is 0.135 e. The van der Waals surface area contributed by atoms with Crippen LogP contribution in [-0.4, -0.2) is 6.21 Å². The van der Waals surface area contributed by atoms with Crippen LogP contribution in [0.2, 0.25) is 0 Å². The zero-order chi connectivity index (χ0) is 9.80. The second-order valence-corrected chi connectivity index (χ2v) is 2.98. The van der Waals surface area contributed by atoms with Crippen LogP contribution < -0.4 is 0 Å². The van der Waals surface area contributed by atoms with Gasteiger partial charge in [-0.25, -0.2) is 0 Å². The average Bonchev–Trinajstić information content (AvgIpc) is 2.72. The molecule has 1 atom stereocenters. The van der Waals surface area contributed by atoms with E-state index in [1.165, 1.54) is 0 Å². The maximum absolute atomic E-state index is 3.95. The zero-order valence-corrected chi connectivity index (χ0v) is 7.67. The van der Waals surface area contributed by atoms with E-state index in [-0.39, 0.29) is 6.04 Å². The van der Waals surface area contributed by atoms with Crippen molar-refractivity contribution in [2.24, 2.45) is 15.4 Å².